The molecule has 0 spiro atoms. The summed E-state index contributed by atoms with van der Waals surface area (Å²) in [7, 11) is 1.30. The summed E-state index contributed by atoms with van der Waals surface area (Å²) in [6.45, 7) is 0.696. The molecule has 6 heteroatoms. The molecule has 2 atom stereocenters. The van der Waals surface area contributed by atoms with Gasteiger partial charge in [-0.25, -0.2) is 0 Å². The monoisotopic (exact) mass is 200 g/mol. The molecule has 2 unspecified atom stereocenters. The molecule has 0 saturated heterocycles. The van der Waals surface area contributed by atoms with Crippen LogP contribution in [-0.4, -0.2) is 48.5 Å². The molecule has 80 valence electrons. The highest BCUT2D eigenvalue weighted by molar-refractivity contribution is 4.80. The Morgan fingerprint density at radius 3 is 2.15 bits per heavy atom. The van der Waals surface area contributed by atoms with Crippen LogP contribution in [0, 0.1) is 0 Å². The first kappa shape index (κ1) is 12.7. The summed E-state index contributed by atoms with van der Waals surface area (Å²) < 4.78 is 36.8. The number of hydrogen-bond acceptors (Lipinski definition) is 3. The van der Waals surface area contributed by atoms with E-state index in [9.17, 15) is 13.2 Å². The first-order valence-electron chi connectivity index (χ1n) is 3.94. The highest BCUT2D eigenvalue weighted by Gasteiger charge is 2.42. The van der Waals surface area contributed by atoms with Gasteiger partial charge in [-0.2, -0.15) is 13.2 Å². The standard InChI is InChI=1S/C7H15F3N2O/c1-5(4-13)12(2)6(3-11)7(8,9)10/h5-6,13H,3-4,11H2,1-2H3. The highest BCUT2D eigenvalue weighted by atomic mass is 19.4. The molecule has 13 heavy (non-hydrogen) atoms. The second-order valence-electron chi connectivity index (χ2n) is 2.99. The number of nitrogens with two attached hydrogens (primary N) is 1. The predicted octanol–water partition coefficient (Wildman–Crippen LogP) is 0.189. The molecule has 0 amide bonds. The molecule has 0 aliphatic carbocycles. The van der Waals surface area contributed by atoms with Crippen molar-refractivity contribution in [3.8, 4) is 0 Å². The molecule has 0 radical (unpaired) electrons. The lowest BCUT2D eigenvalue weighted by Gasteiger charge is -2.32. The van der Waals surface area contributed by atoms with Crippen LogP contribution in [0.4, 0.5) is 13.2 Å². The Balaban J connectivity index is 4.40. The summed E-state index contributed by atoms with van der Waals surface area (Å²) in [6.07, 6.45) is -4.34. The number of halogens is 3. The average Bonchev–Trinajstić information content (AvgIpc) is 2.01. The maximum absolute atomic E-state index is 12.3. The van der Waals surface area contributed by atoms with Gasteiger partial charge in [0.15, 0.2) is 0 Å². The lowest BCUT2D eigenvalue weighted by Crippen LogP contribution is -2.52. The molecule has 0 aromatic rings. The van der Waals surface area contributed by atoms with Crippen LogP contribution >= 0.6 is 0 Å². The van der Waals surface area contributed by atoms with Crippen molar-refractivity contribution in [1.82, 2.24) is 4.90 Å². The fraction of sp³-hybridized carbons (Fsp3) is 1.00. The second-order valence-corrected chi connectivity index (χ2v) is 2.99. The summed E-state index contributed by atoms with van der Waals surface area (Å²) >= 11 is 0. The zero-order valence-electron chi connectivity index (χ0n) is 7.67. The minimum atomic E-state index is -4.34. The zero-order chi connectivity index (χ0) is 10.6. The Morgan fingerprint density at radius 1 is 1.46 bits per heavy atom. The van der Waals surface area contributed by atoms with Crippen molar-refractivity contribution in [2.75, 3.05) is 20.2 Å². The highest BCUT2D eigenvalue weighted by Crippen LogP contribution is 2.24. The van der Waals surface area contributed by atoms with Crippen LogP contribution in [0.3, 0.4) is 0 Å². The van der Waals surface area contributed by atoms with Crippen molar-refractivity contribution in [1.29, 1.82) is 0 Å². The smallest absolute Gasteiger partial charge is 0.395 e. The van der Waals surface area contributed by atoms with Crippen molar-refractivity contribution in [2.24, 2.45) is 5.73 Å². The molecule has 3 N–H and O–H groups in total. The van der Waals surface area contributed by atoms with Gasteiger partial charge in [-0.05, 0) is 14.0 Å². The number of likely N-dealkylation sites (N-methyl/N-ethyl adjacent to an activating group) is 1. The van der Waals surface area contributed by atoms with Gasteiger partial charge in [0.05, 0.1) is 6.61 Å². The van der Waals surface area contributed by atoms with Gasteiger partial charge < -0.3 is 10.8 Å². The van der Waals surface area contributed by atoms with E-state index < -0.39 is 24.8 Å². The molecule has 0 saturated carbocycles. The molecular formula is C7H15F3N2O. The number of hydrogen-bond donors (Lipinski definition) is 2. The van der Waals surface area contributed by atoms with Gasteiger partial charge in [0.2, 0.25) is 0 Å². The van der Waals surface area contributed by atoms with E-state index in [1.165, 1.54) is 14.0 Å². The van der Waals surface area contributed by atoms with E-state index in [1.807, 2.05) is 0 Å². The van der Waals surface area contributed by atoms with E-state index in [-0.39, 0.29) is 6.61 Å². The molecular weight excluding hydrogens is 185 g/mol. The van der Waals surface area contributed by atoms with E-state index in [0.29, 0.717) is 0 Å². The van der Waals surface area contributed by atoms with Crippen LogP contribution in [0.2, 0.25) is 0 Å². The van der Waals surface area contributed by atoms with E-state index in [1.54, 1.807) is 0 Å². The number of alkyl halides is 3. The van der Waals surface area contributed by atoms with Crippen LogP contribution in [0.1, 0.15) is 6.92 Å². The van der Waals surface area contributed by atoms with Gasteiger partial charge in [-0.3, -0.25) is 4.90 Å². The minimum Gasteiger partial charge on any atom is -0.395 e. The maximum atomic E-state index is 12.3. The minimum absolute atomic E-state index is 0.316. The third-order valence-electron chi connectivity index (χ3n) is 2.05. The summed E-state index contributed by atoms with van der Waals surface area (Å²) in [5.41, 5.74) is 5.01. The van der Waals surface area contributed by atoms with Gasteiger partial charge in [0.25, 0.3) is 0 Å². The maximum Gasteiger partial charge on any atom is 0.405 e. The number of nitrogens with zero attached hydrogens (tertiary/aromatic N) is 1. The van der Waals surface area contributed by atoms with Gasteiger partial charge >= 0.3 is 6.18 Å². The van der Waals surface area contributed by atoms with Crippen LogP contribution in [-0.2, 0) is 0 Å². The van der Waals surface area contributed by atoms with Crippen molar-refractivity contribution in [2.45, 2.75) is 25.2 Å². The number of aliphatic hydroxyl groups excluding tert-OH is 1. The summed E-state index contributed by atoms with van der Waals surface area (Å²) in [5.74, 6) is 0. The van der Waals surface area contributed by atoms with Gasteiger partial charge in [-0.15, -0.1) is 0 Å². The molecule has 0 aromatic heterocycles. The predicted molar refractivity (Wildman–Crippen MR) is 43.2 cm³/mol. The average molecular weight is 200 g/mol. The van der Waals surface area contributed by atoms with E-state index in [2.05, 4.69) is 0 Å². The lowest BCUT2D eigenvalue weighted by molar-refractivity contribution is -0.183. The zero-order valence-corrected chi connectivity index (χ0v) is 7.67. The molecule has 0 fully saturated rings. The second kappa shape index (κ2) is 4.78. The Hall–Kier alpha value is -0.330. The number of aliphatic hydroxyl groups is 1. The largest absolute Gasteiger partial charge is 0.405 e. The molecule has 0 heterocycles. The fourth-order valence-corrected chi connectivity index (χ4v) is 0.967. The van der Waals surface area contributed by atoms with E-state index in [0.717, 1.165) is 4.90 Å². The first-order valence-corrected chi connectivity index (χ1v) is 3.94. The topological polar surface area (TPSA) is 49.5 Å². The third kappa shape index (κ3) is 3.50. The quantitative estimate of drug-likeness (QED) is 0.681. The van der Waals surface area contributed by atoms with E-state index in [4.69, 9.17) is 10.8 Å². The van der Waals surface area contributed by atoms with Gasteiger partial charge in [0.1, 0.15) is 6.04 Å². The van der Waals surface area contributed by atoms with Gasteiger partial charge in [-0.1, -0.05) is 0 Å². The molecule has 0 rings (SSSR count). The van der Waals surface area contributed by atoms with Crippen molar-refractivity contribution >= 4 is 0 Å². The molecule has 0 aliphatic rings. The first-order chi connectivity index (χ1) is 5.84. The molecule has 0 bridgehead atoms. The lowest BCUT2D eigenvalue weighted by atomic mass is 10.2. The Kier molecular flexibility index (Phi) is 4.66. The third-order valence-corrected chi connectivity index (χ3v) is 2.05. The SMILES string of the molecule is CC(CO)N(C)C(CN)C(F)(F)F. The van der Waals surface area contributed by atoms with E-state index >= 15 is 0 Å². The number of rotatable bonds is 4. The summed E-state index contributed by atoms with van der Waals surface area (Å²) in [4.78, 5) is 1.03. The van der Waals surface area contributed by atoms with Crippen molar-refractivity contribution < 1.29 is 18.3 Å². The van der Waals surface area contributed by atoms with Crippen LogP contribution in [0.25, 0.3) is 0 Å². The Labute approximate surface area is 75.3 Å². The van der Waals surface area contributed by atoms with Crippen LogP contribution < -0.4 is 5.73 Å². The Morgan fingerprint density at radius 2 is 1.92 bits per heavy atom. The molecule has 0 aliphatic heterocycles. The Bertz CT molecular complexity index is 151. The summed E-state index contributed by atoms with van der Waals surface area (Å²) in [6, 6.07) is -2.23. The van der Waals surface area contributed by atoms with Crippen molar-refractivity contribution in [3.63, 3.8) is 0 Å². The van der Waals surface area contributed by atoms with Crippen LogP contribution in [0.15, 0.2) is 0 Å². The molecule has 0 aromatic carbocycles. The van der Waals surface area contributed by atoms with Crippen molar-refractivity contribution in [3.05, 3.63) is 0 Å². The normalized spacial score (nSPS) is 17.5. The van der Waals surface area contributed by atoms with Crippen LogP contribution in [0.5, 0.6) is 0 Å². The van der Waals surface area contributed by atoms with Gasteiger partial charge in [0, 0.05) is 12.6 Å². The summed E-state index contributed by atoms with van der Waals surface area (Å²) in [5, 5.41) is 8.67. The molecule has 3 nitrogen and oxygen atoms in total. The fourth-order valence-electron chi connectivity index (χ4n) is 0.967.